The number of methoxy groups -OCH3 is 2. The van der Waals surface area contributed by atoms with Crippen molar-refractivity contribution in [2.24, 2.45) is 0 Å². The molecule has 28 heavy (non-hydrogen) atoms. The monoisotopic (exact) mass is 381 g/mol. The van der Waals surface area contributed by atoms with Crippen LogP contribution in [0.3, 0.4) is 0 Å². The van der Waals surface area contributed by atoms with Crippen LogP contribution >= 0.6 is 0 Å². The molecule has 3 rings (SSSR count). The zero-order valence-corrected chi connectivity index (χ0v) is 16.1. The molecule has 0 radical (unpaired) electrons. The van der Waals surface area contributed by atoms with Crippen molar-refractivity contribution in [1.82, 2.24) is 15.5 Å². The average Bonchev–Trinajstić information content (AvgIpc) is 3.21. The predicted octanol–water partition coefficient (Wildman–Crippen LogP) is 3.56. The molecule has 0 aliphatic heterocycles. The van der Waals surface area contributed by atoms with Gasteiger partial charge < -0.3 is 19.3 Å². The Labute approximate surface area is 163 Å². The summed E-state index contributed by atoms with van der Waals surface area (Å²) in [6.45, 7) is 1.94. The van der Waals surface area contributed by atoms with Crippen molar-refractivity contribution in [3.8, 4) is 22.9 Å². The molecule has 3 aromatic rings. The lowest BCUT2D eigenvalue weighted by molar-refractivity contribution is -0.121. The number of ether oxygens (including phenoxy) is 2. The van der Waals surface area contributed by atoms with E-state index in [1.54, 1.807) is 14.2 Å². The van der Waals surface area contributed by atoms with E-state index < -0.39 is 0 Å². The van der Waals surface area contributed by atoms with Crippen LogP contribution < -0.4 is 14.8 Å². The standard InChI is InChI=1S/C21H23N3O4/c1-14(15-4-8-17(26-2)9-5-15)22-19(25)12-13-20-23-21(24-28-20)16-6-10-18(27-3)11-7-16/h4-11,14H,12-13H2,1-3H3,(H,22,25)/t14-/m0/s1. The number of nitrogens with one attached hydrogen (secondary N) is 1. The number of nitrogens with zero attached hydrogens (tertiary/aromatic N) is 2. The number of hydrogen-bond donors (Lipinski definition) is 1. The summed E-state index contributed by atoms with van der Waals surface area (Å²) in [6, 6.07) is 14.9. The molecule has 7 heteroatoms. The molecule has 146 valence electrons. The molecule has 0 aliphatic rings. The Bertz CT molecular complexity index is 904. The van der Waals surface area contributed by atoms with Gasteiger partial charge in [0.2, 0.25) is 17.6 Å². The topological polar surface area (TPSA) is 86.5 Å². The number of aromatic nitrogens is 2. The Morgan fingerprint density at radius 3 is 2.25 bits per heavy atom. The molecule has 0 saturated heterocycles. The maximum Gasteiger partial charge on any atom is 0.227 e. The van der Waals surface area contributed by atoms with Gasteiger partial charge in [-0.05, 0) is 48.9 Å². The third kappa shape index (κ3) is 4.88. The summed E-state index contributed by atoms with van der Waals surface area (Å²) in [7, 11) is 3.24. The van der Waals surface area contributed by atoms with E-state index in [4.69, 9.17) is 14.0 Å². The van der Waals surface area contributed by atoms with E-state index >= 15 is 0 Å². The number of carbonyl (C=O) groups excluding carboxylic acids is 1. The van der Waals surface area contributed by atoms with Crippen molar-refractivity contribution >= 4 is 5.91 Å². The van der Waals surface area contributed by atoms with E-state index in [2.05, 4.69) is 15.5 Å². The van der Waals surface area contributed by atoms with Crippen LogP contribution in [-0.2, 0) is 11.2 Å². The third-order valence-electron chi connectivity index (χ3n) is 4.38. The van der Waals surface area contributed by atoms with Gasteiger partial charge in [0.1, 0.15) is 11.5 Å². The van der Waals surface area contributed by atoms with Gasteiger partial charge in [0, 0.05) is 18.4 Å². The van der Waals surface area contributed by atoms with Crippen LogP contribution in [-0.4, -0.2) is 30.3 Å². The van der Waals surface area contributed by atoms with E-state index in [1.807, 2.05) is 55.5 Å². The molecule has 2 aromatic carbocycles. The first-order valence-electron chi connectivity index (χ1n) is 8.99. The van der Waals surface area contributed by atoms with Crippen molar-refractivity contribution in [3.05, 3.63) is 60.0 Å². The van der Waals surface area contributed by atoms with Crippen LogP contribution in [0, 0.1) is 0 Å². The third-order valence-corrected chi connectivity index (χ3v) is 4.38. The Balaban J connectivity index is 1.52. The normalized spacial score (nSPS) is 11.7. The lowest BCUT2D eigenvalue weighted by Crippen LogP contribution is -2.26. The summed E-state index contributed by atoms with van der Waals surface area (Å²) >= 11 is 0. The summed E-state index contributed by atoms with van der Waals surface area (Å²) in [5.74, 6) is 2.39. The van der Waals surface area contributed by atoms with Gasteiger partial charge in [-0.15, -0.1) is 0 Å². The molecule has 0 fully saturated rings. The Morgan fingerprint density at radius 2 is 1.64 bits per heavy atom. The van der Waals surface area contributed by atoms with E-state index in [9.17, 15) is 4.79 Å². The molecular weight excluding hydrogens is 358 g/mol. The molecule has 1 amide bonds. The minimum atomic E-state index is -0.101. The van der Waals surface area contributed by atoms with Gasteiger partial charge in [-0.25, -0.2) is 0 Å². The predicted molar refractivity (Wildman–Crippen MR) is 104 cm³/mol. The van der Waals surface area contributed by atoms with Crippen LogP contribution in [0.4, 0.5) is 0 Å². The minimum Gasteiger partial charge on any atom is -0.497 e. The van der Waals surface area contributed by atoms with Crippen molar-refractivity contribution in [2.45, 2.75) is 25.8 Å². The Morgan fingerprint density at radius 1 is 1.04 bits per heavy atom. The first-order chi connectivity index (χ1) is 13.6. The van der Waals surface area contributed by atoms with E-state index in [0.29, 0.717) is 18.1 Å². The minimum absolute atomic E-state index is 0.0764. The van der Waals surface area contributed by atoms with E-state index in [0.717, 1.165) is 22.6 Å². The highest BCUT2D eigenvalue weighted by atomic mass is 16.5. The fourth-order valence-corrected chi connectivity index (χ4v) is 2.72. The molecule has 0 unspecified atom stereocenters. The second-order valence-electron chi connectivity index (χ2n) is 6.30. The lowest BCUT2D eigenvalue weighted by atomic mass is 10.1. The molecule has 0 spiro atoms. The highest BCUT2D eigenvalue weighted by Crippen LogP contribution is 2.20. The van der Waals surface area contributed by atoms with Crippen LogP contribution in [0.15, 0.2) is 53.1 Å². The molecule has 0 aliphatic carbocycles. The zero-order valence-electron chi connectivity index (χ0n) is 16.1. The summed E-state index contributed by atoms with van der Waals surface area (Å²) in [5, 5.41) is 6.95. The Kier molecular flexibility index (Phi) is 6.26. The quantitative estimate of drug-likeness (QED) is 0.642. The van der Waals surface area contributed by atoms with Crippen LogP contribution in [0.25, 0.3) is 11.4 Å². The molecular formula is C21H23N3O4. The molecule has 7 nitrogen and oxygen atoms in total. The number of aryl methyl sites for hydroxylation is 1. The number of benzene rings is 2. The summed E-state index contributed by atoms with van der Waals surface area (Å²) in [4.78, 5) is 16.6. The second-order valence-corrected chi connectivity index (χ2v) is 6.30. The molecule has 1 N–H and O–H groups in total. The number of amides is 1. The summed E-state index contributed by atoms with van der Waals surface area (Å²) < 4.78 is 15.5. The van der Waals surface area contributed by atoms with Crippen LogP contribution in [0.1, 0.15) is 30.8 Å². The average molecular weight is 381 g/mol. The van der Waals surface area contributed by atoms with Crippen molar-refractivity contribution < 1.29 is 18.8 Å². The van der Waals surface area contributed by atoms with Gasteiger partial charge in [0.15, 0.2) is 0 Å². The van der Waals surface area contributed by atoms with Gasteiger partial charge >= 0.3 is 0 Å². The van der Waals surface area contributed by atoms with Crippen molar-refractivity contribution in [2.75, 3.05) is 14.2 Å². The zero-order chi connectivity index (χ0) is 19.9. The molecule has 0 bridgehead atoms. The highest BCUT2D eigenvalue weighted by molar-refractivity contribution is 5.76. The first-order valence-corrected chi connectivity index (χ1v) is 8.99. The van der Waals surface area contributed by atoms with Gasteiger partial charge in [-0.2, -0.15) is 4.98 Å². The van der Waals surface area contributed by atoms with E-state index in [-0.39, 0.29) is 18.4 Å². The highest BCUT2D eigenvalue weighted by Gasteiger charge is 2.13. The van der Waals surface area contributed by atoms with E-state index in [1.165, 1.54) is 0 Å². The summed E-state index contributed by atoms with van der Waals surface area (Å²) in [5.41, 5.74) is 1.84. The molecule has 0 saturated carbocycles. The number of hydrogen-bond acceptors (Lipinski definition) is 6. The van der Waals surface area contributed by atoms with Gasteiger partial charge in [0.25, 0.3) is 0 Å². The number of carbonyl (C=O) groups is 1. The fraction of sp³-hybridized carbons (Fsp3) is 0.286. The lowest BCUT2D eigenvalue weighted by Gasteiger charge is -2.14. The SMILES string of the molecule is COc1ccc(-c2noc(CCC(=O)N[C@@H](C)c3ccc(OC)cc3)n2)cc1. The van der Waals surface area contributed by atoms with Gasteiger partial charge in [-0.1, -0.05) is 17.3 Å². The molecule has 1 aromatic heterocycles. The van der Waals surface area contributed by atoms with Crippen LogP contribution in [0.2, 0.25) is 0 Å². The van der Waals surface area contributed by atoms with Crippen LogP contribution in [0.5, 0.6) is 11.5 Å². The molecule has 1 heterocycles. The largest absolute Gasteiger partial charge is 0.497 e. The summed E-state index contributed by atoms with van der Waals surface area (Å²) in [6.07, 6.45) is 0.648. The van der Waals surface area contributed by atoms with Crippen molar-refractivity contribution in [3.63, 3.8) is 0 Å². The fourth-order valence-electron chi connectivity index (χ4n) is 2.72. The van der Waals surface area contributed by atoms with Gasteiger partial charge in [0.05, 0.1) is 20.3 Å². The molecule has 1 atom stereocenters. The van der Waals surface area contributed by atoms with Crippen molar-refractivity contribution in [1.29, 1.82) is 0 Å². The first kappa shape index (κ1) is 19.4. The maximum atomic E-state index is 12.2. The second kappa shape index (κ2) is 9.03. The smallest absolute Gasteiger partial charge is 0.227 e. The Hall–Kier alpha value is -3.35. The van der Waals surface area contributed by atoms with Gasteiger partial charge in [-0.3, -0.25) is 4.79 Å². The number of rotatable bonds is 8. The maximum absolute atomic E-state index is 12.2.